The van der Waals surface area contributed by atoms with E-state index >= 15 is 0 Å². The molecule has 27 heavy (non-hydrogen) atoms. The van der Waals surface area contributed by atoms with E-state index in [4.69, 9.17) is 9.47 Å². The Bertz CT molecular complexity index is 989. The third-order valence-corrected chi connectivity index (χ3v) is 5.00. The number of nitrogens with zero attached hydrogens (tertiary/aromatic N) is 5. The topological polar surface area (TPSA) is 82.4 Å². The lowest BCUT2D eigenvalue weighted by atomic mass is 10.0. The van der Waals surface area contributed by atoms with E-state index in [1.807, 2.05) is 47.4 Å². The molecule has 8 heteroatoms. The summed E-state index contributed by atoms with van der Waals surface area (Å²) in [6.45, 7) is 0.975. The first kappa shape index (κ1) is 15.8. The molecular weight excluding hydrogens is 346 g/mol. The predicted molar refractivity (Wildman–Crippen MR) is 94.7 cm³/mol. The minimum Gasteiger partial charge on any atom is -0.454 e. The van der Waals surface area contributed by atoms with Crippen LogP contribution in [-0.2, 0) is 0 Å². The Morgan fingerprint density at radius 3 is 2.93 bits per heavy atom. The van der Waals surface area contributed by atoms with Crippen molar-refractivity contribution in [2.24, 2.45) is 0 Å². The van der Waals surface area contributed by atoms with Crippen molar-refractivity contribution in [3.05, 3.63) is 59.9 Å². The maximum absolute atomic E-state index is 13.2. The molecule has 2 aliphatic rings. The molecule has 0 radical (unpaired) electrons. The molecule has 3 heterocycles. The number of carbonyl (C=O) groups is 1. The van der Waals surface area contributed by atoms with Crippen molar-refractivity contribution in [1.29, 1.82) is 0 Å². The van der Waals surface area contributed by atoms with Gasteiger partial charge in [-0.25, -0.2) is 4.68 Å². The molecular formula is C19H17N5O3. The quantitative estimate of drug-likeness (QED) is 0.710. The number of fused-ring (bicyclic) bond motifs is 1. The van der Waals surface area contributed by atoms with Crippen LogP contribution >= 0.6 is 0 Å². The standard InChI is InChI=1S/C19H17N5O3/c25-19(14-3-1-4-15(9-14)24-11-20-21-22-24)23-8-2-5-16(23)13-6-7-17-18(10-13)27-12-26-17/h1,3-4,6-7,9-11,16H,2,5,8,12H2. The van der Waals surface area contributed by atoms with Gasteiger partial charge in [0.1, 0.15) is 6.33 Å². The first-order valence-corrected chi connectivity index (χ1v) is 8.83. The van der Waals surface area contributed by atoms with Gasteiger partial charge >= 0.3 is 0 Å². The number of rotatable bonds is 3. The van der Waals surface area contributed by atoms with Crippen LogP contribution in [0.2, 0.25) is 0 Å². The number of carbonyl (C=O) groups excluding carboxylic acids is 1. The van der Waals surface area contributed by atoms with Crippen molar-refractivity contribution in [1.82, 2.24) is 25.1 Å². The van der Waals surface area contributed by atoms with Gasteiger partial charge in [-0.3, -0.25) is 4.79 Å². The normalized spacial score (nSPS) is 18.1. The van der Waals surface area contributed by atoms with Gasteiger partial charge in [0.05, 0.1) is 11.7 Å². The number of ether oxygens (including phenoxy) is 2. The highest BCUT2D eigenvalue weighted by Crippen LogP contribution is 2.39. The lowest BCUT2D eigenvalue weighted by Gasteiger charge is -2.25. The Hall–Kier alpha value is -3.42. The van der Waals surface area contributed by atoms with E-state index in [2.05, 4.69) is 15.5 Å². The molecule has 0 bridgehead atoms. The van der Waals surface area contributed by atoms with Gasteiger partial charge in [0, 0.05) is 12.1 Å². The first-order chi connectivity index (χ1) is 13.3. The van der Waals surface area contributed by atoms with Crippen molar-refractivity contribution in [3.63, 3.8) is 0 Å². The van der Waals surface area contributed by atoms with Crippen LogP contribution in [0.15, 0.2) is 48.8 Å². The molecule has 5 rings (SSSR count). The number of benzene rings is 2. The van der Waals surface area contributed by atoms with E-state index in [-0.39, 0.29) is 18.7 Å². The highest BCUT2D eigenvalue weighted by molar-refractivity contribution is 5.95. The third kappa shape index (κ3) is 2.79. The van der Waals surface area contributed by atoms with E-state index in [1.165, 1.54) is 11.0 Å². The second kappa shape index (κ2) is 6.39. The van der Waals surface area contributed by atoms with E-state index in [0.717, 1.165) is 42.1 Å². The number of tetrazole rings is 1. The molecule has 1 atom stereocenters. The highest BCUT2D eigenvalue weighted by atomic mass is 16.7. The van der Waals surface area contributed by atoms with Crippen molar-refractivity contribution >= 4 is 5.91 Å². The molecule has 8 nitrogen and oxygen atoms in total. The van der Waals surface area contributed by atoms with E-state index in [1.54, 1.807) is 0 Å². The lowest BCUT2D eigenvalue weighted by molar-refractivity contribution is 0.0735. The third-order valence-electron chi connectivity index (χ3n) is 5.00. The highest BCUT2D eigenvalue weighted by Gasteiger charge is 2.31. The Kier molecular flexibility index (Phi) is 3.74. The summed E-state index contributed by atoms with van der Waals surface area (Å²) in [5.74, 6) is 1.50. The summed E-state index contributed by atoms with van der Waals surface area (Å²) in [6.07, 6.45) is 3.41. The number of hydrogen-bond donors (Lipinski definition) is 0. The lowest BCUT2D eigenvalue weighted by Crippen LogP contribution is -2.30. The minimum absolute atomic E-state index is 0.00471. The summed E-state index contributed by atoms with van der Waals surface area (Å²) in [6, 6.07) is 13.3. The van der Waals surface area contributed by atoms with E-state index in [0.29, 0.717) is 5.56 Å². The molecule has 0 aliphatic carbocycles. The van der Waals surface area contributed by atoms with Crippen LogP contribution < -0.4 is 9.47 Å². The minimum atomic E-state index is 0.00471. The van der Waals surface area contributed by atoms with Gasteiger partial charge in [0.25, 0.3) is 5.91 Å². The van der Waals surface area contributed by atoms with Gasteiger partial charge in [-0.2, -0.15) is 0 Å². The predicted octanol–water partition coefficient (Wildman–Crippen LogP) is 2.37. The molecule has 1 saturated heterocycles. The fraction of sp³-hybridized carbons (Fsp3) is 0.263. The molecule has 0 N–H and O–H groups in total. The summed E-state index contributed by atoms with van der Waals surface area (Å²) in [4.78, 5) is 15.1. The Morgan fingerprint density at radius 2 is 2.04 bits per heavy atom. The van der Waals surface area contributed by atoms with Crippen LogP contribution in [0.25, 0.3) is 5.69 Å². The van der Waals surface area contributed by atoms with Crippen molar-refractivity contribution in [2.45, 2.75) is 18.9 Å². The van der Waals surface area contributed by atoms with Crippen LogP contribution in [0, 0.1) is 0 Å². The summed E-state index contributed by atoms with van der Waals surface area (Å²) < 4.78 is 12.4. The van der Waals surface area contributed by atoms with Gasteiger partial charge in [0.15, 0.2) is 11.5 Å². The summed E-state index contributed by atoms with van der Waals surface area (Å²) in [7, 11) is 0. The Balaban J connectivity index is 1.43. The first-order valence-electron chi connectivity index (χ1n) is 8.83. The smallest absolute Gasteiger partial charge is 0.254 e. The maximum atomic E-state index is 13.2. The number of amides is 1. The van der Waals surface area contributed by atoms with Crippen LogP contribution in [0.3, 0.4) is 0 Å². The van der Waals surface area contributed by atoms with Gasteiger partial charge in [0.2, 0.25) is 6.79 Å². The average Bonchev–Trinajstić information content (AvgIpc) is 3.48. The fourth-order valence-electron chi connectivity index (χ4n) is 3.70. The van der Waals surface area contributed by atoms with Crippen LogP contribution in [0.4, 0.5) is 0 Å². The molecule has 1 fully saturated rings. The molecule has 136 valence electrons. The zero-order chi connectivity index (χ0) is 18.2. The van der Waals surface area contributed by atoms with Crippen LogP contribution in [-0.4, -0.2) is 44.4 Å². The molecule has 3 aromatic rings. The molecule has 0 saturated carbocycles. The summed E-state index contributed by atoms with van der Waals surface area (Å²) in [5.41, 5.74) is 2.45. The fourth-order valence-corrected chi connectivity index (χ4v) is 3.70. The number of hydrogen-bond acceptors (Lipinski definition) is 6. The zero-order valence-electron chi connectivity index (χ0n) is 14.5. The van der Waals surface area contributed by atoms with E-state index < -0.39 is 0 Å². The Morgan fingerprint density at radius 1 is 1.11 bits per heavy atom. The van der Waals surface area contributed by atoms with Crippen molar-refractivity contribution < 1.29 is 14.3 Å². The second-order valence-electron chi connectivity index (χ2n) is 6.57. The van der Waals surface area contributed by atoms with Crippen LogP contribution in [0.1, 0.15) is 34.8 Å². The van der Waals surface area contributed by atoms with Crippen molar-refractivity contribution in [2.75, 3.05) is 13.3 Å². The van der Waals surface area contributed by atoms with Gasteiger partial charge in [-0.05, 0) is 59.2 Å². The maximum Gasteiger partial charge on any atom is 0.254 e. The second-order valence-corrected chi connectivity index (χ2v) is 6.57. The monoisotopic (exact) mass is 363 g/mol. The van der Waals surface area contributed by atoms with Gasteiger partial charge in [-0.1, -0.05) is 12.1 Å². The number of likely N-dealkylation sites (tertiary alicyclic amines) is 1. The zero-order valence-corrected chi connectivity index (χ0v) is 14.5. The molecule has 2 aliphatic heterocycles. The molecule has 1 unspecified atom stereocenters. The summed E-state index contributed by atoms with van der Waals surface area (Å²) in [5, 5.41) is 11.2. The molecule has 2 aromatic carbocycles. The van der Waals surface area contributed by atoms with Crippen molar-refractivity contribution in [3.8, 4) is 17.2 Å². The SMILES string of the molecule is O=C(c1cccc(-n2cnnn2)c1)N1CCCC1c1ccc2c(c1)OCO2. The van der Waals surface area contributed by atoms with Gasteiger partial charge < -0.3 is 14.4 Å². The molecule has 1 amide bonds. The van der Waals surface area contributed by atoms with Crippen LogP contribution in [0.5, 0.6) is 11.5 Å². The molecule has 1 aromatic heterocycles. The molecule has 0 spiro atoms. The summed E-state index contributed by atoms with van der Waals surface area (Å²) >= 11 is 0. The number of aromatic nitrogens is 4. The Labute approximate surface area is 155 Å². The van der Waals surface area contributed by atoms with E-state index in [9.17, 15) is 4.79 Å². The largest absolute Gasteiger partial charge is 0.454 e. The van der Waals surface area contributed by atoms with Gasteiger partial charge in [-0.15, -0.1) is 5.10 Å². The average molecular weight is 363 g/mol.